The van der Waals surface area contributed by atoms with Gasteiger partial charge in [-0.3, -0.25) is 4.79 Å². The van der Waals surface area contributed by atoms with E-state index in [0.717, 1.165) is 23.3 Å². The first-order valence-electron chi connectivity index (χ1n) is 7.97. The summed E-state index contributed by atoms with van der Waals surface area (Å²) in [6, 6.07) is 8.30. The molecule has 0 saturated carbocycles. The first kappa shape index (κ1) is 17.0. The summed E-state index contributed by atoms with van der Waals surface area (Å²) in [4.78, 5) is 23.8. The van der Waals surface area contributed by atoms with Gasteiger partial charge in [-0.1, -0.05) is 24.3 Å². The van der Waals surface area contributed by atoms with E-state index in [2.05, 4.69) is 5.32 Å². The number of amides is 1. The van der Waals surface area contributed by atoms with Crippen molar-refractivity contribution in [1.82, 2.24) is 5.32 Å². The molecule has 1 atom stereocenters. The van der Waals surface area contributed by atoms with Crippen molar-refractivity contribution in [1.29, 1.82) is 0 Å². The predicted octanol–water partition coefficient (Wildman–Crippen LogP) is 2.55. The Morgan fingerprint density at radius 2 is 2.08 bits per heavy atom. The molecule has 1 amide bonds. The normalized spacial score (nSPS) is 13.7. The van der Waals surface area contributed by atoms with Gasteiger partial charge in [-0.2, -0.15) is 0 Å². The summed E-state index contributed by atoms with van der Waals surface area (Å²) in [6.45, 7) is 2.18. The van der Waals surface area contributed by atoms with Gasteiger partial charge in [0, 0.05) is 6.42 Å². The van der Waals surface area contributed by atoms with Gasteiger partial charge >= 0.3 is 5.97 Å². The fourth-order valence-electron chi connectivity index (χ4n) is 2.88. The minimum atomic E-state index is -1.22. The summed E-state index contributed by atoms with van der Waals surface area (Å²) < 4.78 is 18.8. The van der Waals surface area contributed by atoms with Crippen LogP contribution in [-0.2, 0) is 22.4 Å². The van der Waals surface area contributed by atoms with E-state index < -0.39 is 23.7 Å². The summed E-state index contributed by atoms with van der Waals surface area (Å²) in [5.74, 6) is -1.19. The van der Waals surface area contributed by atoms with Crippen molar-refractivity contribution in [3.63, 3.8) is 0 Å². The lowest BCUT2D eigenvalue weighted by Crippen LogP contribution is -2.34. The average molecular weight is 343 g/mol. The third-order valence-electron chi connectivity index (χ3n) is 4.19. The number of aryl methyl sites for hydroxylation is 1. The molecule has 0 spiro atoms. The molecular formula is C19H18FNO4. The SMILES string of the molecule is Cc1cc(C(NC(=O)Cc2ccc3c(c2)CCO3)C(=O)O)ccc1F. The maximum Gasteiger partial charge on any atom is 0.330 e. The Morgan fingerprint density at radius 1 is 1.28 bits per heavy atom. The summed E-state index contributed by atoms with van der Waals surface area (Å²) in [5.41, 5.74) is 2.51. The highest BCUT2D eigenvalue weighted by atomic mass is 19.1. The Labute approximate surface area is 144 Å². The van der Waals surface area contributed by atoms with E-state index in [0.29, 0.717) is 17.7 Å². The Bertz CT molecular complexity index is 834. The Kier molecular flexibility index (Phi) is 4.70. The smallest absolute Gasteiger partial charge is 0.330 e. The lowest BCUT2D eigenvalue weighted by molar-refractivity contribution is -0.142. The van der Waals surface area contributed by atoms with Crippen molar-refractivity contribution in [3.05, 3.63) is 64.5 Å². The van der Waals surface area contributed by atoms with E-state index in [1.165, 1.54) is 18.2 Å². The van der Waals surface area contributed by atoms with E-state index in [4.69, 9.17) is 4.74 Å². The molecular weight excluding hydrogens is 325 g/mol. The topological polar surface area (TPSA) is 75.6 Å². The van der Waals surface area contributed by atoms with Gasteiger partial charge in [0.1, 0.15) is 11.6 Å². The van der Waals surface area contributed by atoms with E-state index >= 15 is 0 Å². The molecule has 1 aliphatic heterocycles. The first-order valence-corrected chi connectivity index (χ1v) is 7.97. The number of nitrogens with one attached hydrogen (secondary N) is 1. The molecule has 0 radical (unpaired) electrons. The molecule has 2 aromatic rings. The van der Waals surface area contributed by atoms with Gasteiger partial charge in [0.15, 0.2) is 6.04 Å². The molecule has 25 heavy (non-hydrogen) atoms. The molecule has 5 nitrogen and oxygen atoms in total. The molecule has 0 saturated heterocycles. The highest BCUT2D eigenvalue weighted by molar-refractivity contribution is 5.85. The van der Waals surface area contributed by atoms with Crippen LogP contribution < -0.4 is 10.1 Å². The van der Waals surface area contributed by atoms with Crippen LogP contribution in [0.4, 0.5) is 4.39 Å². The van der Waals surface area contributed by atoms with Crippen molar-refractivity contribution < 1.29 is 23.8 Å². The van der Waals surface area contributed by atoms with Gasteiger partial charge in [0.05, 0.1) is 13.0 Å². The molecule has 130 valence electrons. The molecule has 2 aromatic carbocycles. The average Bonchev–Trinajstić information content (AvgIpc) is 3.03. The molecule has 2 N–H and O–H groups in total. The zero-order valence-corrected chi connectivity index (χ0v) is 13.7. The van der Waals surface area contributed by atoms with E-state index in [1.54, 1.807) is 13.0 Å². The van der Waals surface area contributed by atoms with Crippen LogP contribution >= 0.6 is 0 Å². The second kappa shape index (κ2) is 6.93. The second-order valence-corrected chi connectivity index (χ2v) is 6.06. The van der Waals surface area contributed by atoms with Crippen LogP contribution in [0.5, 0.6) is 5.75 Å². The van der Waals surface area contributed by atoms with Crippen molar-refractivity contribution >= 4 is 11.9 Å². The third kappa shape index (κ3) is 3.79. The maximum absolute atomic E-state index is 13.4. The molecule has 0 aliphatic carbocycles. The fraction of sp³-hybridized carbons (Fsp3) is 0.263. The summed E-state index contributed by atoms with van der Waals surface area (Å²) in [6.07, 6.45) is 0.870. The number of fused-ring (bicyclic) bond motifs is 1. The molecule has 6 heteroatoms. The van der Waals surface area contributed by atoms with Crippen molar-refractivity contribution in [2.24, 2.45) is 0 Å². The monoisotopic (exact) mass is 343 g/mol. The lowest BCUT2D eigenvalue weighted by atomic mass is 10.0. The third-order valence-corrected chi connectivity index (χ3v) is 4.19. The van der Waals surface area contributed by atoms with Crippen molar-refractivity contribution in [3.8, 4) is 5.75 Å². The minimum absolute atomic E-state index is 0.0667. The number of carboxylic acid groups (broad SMARTS) is 1. The highest BCUT2D eigenvalue weighted by Crippen LogP contribution is 2.26. The molecule has 1 aliphatic rings. The van der Waals surface area contributed by atoms with Gasteiger partial charge in [0.25, 0.3) is 0 Å². The van der Waals surface area contributed by atoms with Crippen molar-refractivity contribution in [2.45, 2.75) is 25.8 Å². The van der Waals surface area contributed by atoms with Crippen LogP contribution in [0, 0.1) is 12.7 Å². The van der Waals surface area contributed by atoms with Crippen LogP contribution in [0.25, 0.3) is 0 Å². The van der Waals surface area contributed by atoms with Crippen LogP contribution in [0.1, 0.15) is 28.3 Å². The Balaban J connectivity index is 1.72. The van der Waals surface area contributed by atoms with Crippen LogP contribution in [0.3, 0.4) is 0 Å². The van der Waals surface area contributed by atoms with E-state index in [-0.39, 0.29) is 6.42 Å². The summed E-state index contributed by atoms with van der Waals surface area (Å²) >= 11 is 0. The van der Waals surface area contributed by atoms with Crippen molar-refractivity contribution in [2.75, 3.05) is 6.61 Å². The number of hydrogen-bond acceptors (Lipinski definition) is 3. The van der Waals surface area contributed by atoms with E-state index in [1.807, 2.05) is 12.1 Å². The number of ether oxygens (including phenoxy) is 1. The number of carbonyl (C=O) groups is 2. The van der Waals surface area contributed by atoms with Crippen LogP contribution in [0.15, 0.2) is 36.4 Å². The van der Waals surface area contributed by atoms with E-state index in [9.17, 15) is 19.1 Å². The highest BCUT2D eigenvalue weighted by Gasteiger charge is 2.23. The summed E-state index contributed by atoms with van der Waals surface area (Å²) in [7, 11) is 0. The predicted molar refractivity (Wildman–Crippen MR) is 89.0 cm³/mol. The zero-order chi connectivity index (χ0) is 18.0. The molecule has 1 unspecified atom stereocenters. The molecule has 1 heterocycles. The largest absolute Gasteiger partial charge is 0.493 e. The minimum Gasteiger partial charge on any atom is -0.493 e. The fourth-order valence-corrected chi connectivity index (χ4v) is 2.88. The van der Waals surface area contributed by atoms with Gasteiger partial charge in [-0.25, -0.2) is 9.18 Å². The van der Waals surface area contributed by atoms with Crippen LogP contribution in [-0.4, -0.2) is 23.6 Å². The number of rotatable bonds is 5. The van der Waals surface area contributed by atoms with Crippen LogP contribution in [0.2, 0.25) is 0 Å². The zero-order valence-electron chi connectivity index (χ0n) is 13.7. The molecule has 0 fully saturated rings. The molecule has 0 aromatic heterocycles. The number of aliphatic carboxylic acids is 1. The Morgan fingerprint density at radius 3 is 2.80 bits per heavy atom. The van der Waals surface area contributed by atoms with Gasteiger partial charge in [0.2, 0.25) is 5.91 Å². The number of carbonyl (C=O) groups excluding carboxylic acids is 1. The quantitative estimate of drug-likeness (QED) is 0.875. The lowest BCUT2D eigenvalue weighted by Gasteiger charge is -2.16. The molecule has 3 rings (SSSR count). The first-order chi connectivity index (χ1) is 11.9. The number of carboxylic acids is 1. The number of benzene rings is 2. The van der Waals surface area contributed by atoms with Gasteiger partial charge in [-0.15, -0.1) is 0 Å². The Hall–Kier alpha value is -2.89. The summed E-state index contributed by atoms with van der Waals surface area (Å²) in [5, 5.41) is 11.9. The number of halogens is 1. The van der Waals surface area contributed by atoms with Gasteiger partial charge < -0.3 is 15.2 Å². The van der Waals surface area contributed by atoms with Gasteiger partial charge in [-0.05, 0) is 41.3 Å². The standard InChI is InChI=1S/C19H18FNO4/c1-11-8-14(3-4-15(11)20)18(19(23)24)21-17(22)10-12-2-5-16-13(9-12)6-7-25-16/h2-5,8-9,18H,6-7,10H2,1H3,(H,21,22)(H,23,24). The maximum atomic E-state index is 13.4. The second-order valence-electron chi connectivity index (χ2n) is 6.06. The number of hydrogen-bond donors (Lipinski definition) is 2. The molecule has 0 bridgehead atoms.